The van der Waals surface area contributed by atoms with E-state index >= 15 is 0 Å². The van der Waals surface area contributed by atoms with Crippen molar-refractivity contribution in [2.24, 2.45) is 0 Å². The van der Waals surface area contributed by atoms with Gasteiger partial charge in [-0.3, -0.25) is 5.32 Å². The third-order valence-corrected chi connectivity index (χ3v) is 2.46. The van der Waals surface area contributed by atoms with Crippen LogP contribution in [-0.2, 0) is 10.5 Å². The van der Waals surface area contributed by atoms with Crippen molar-refractivity contribution in [3.63, 3.8) is 0 Å². The van der Waals surface area contributed by atoms with Crippen LogP contribution in [0.3, 0.4) is 0 Å². The first-order chi connectivity index (χ1) is 8.35. The SMILES string of the molecule is COc1ccc(NC(=O)OC(C)(C)C)c(CS)c1. The van der Waals surface area contributed by atoms with E-state index < -0.39 is 11.7 Å². The van der Waals surface area contributed by atoms with Gasteiger partial charge in [-0.1, -0.05) is 0 Å². The molecule has 0 aliphatic heterocycles. The van der Waals surface area contributed by atoms with Gasteiger partial charge in [-0.15, -0.1) is 0 Å². The fourth-order valence-electron chi connectivity index (χ4n) is 1.36. The molecule has 0 atom stereocenters. The van der Waals surface area contributed by atoms with Crippen LogP contribution in [0.1, 0.15) is 26.3 Å². The summed E-state index contributed by atoms with van der Waals surface area (Å²) < 4.78 is 10.3. The van der Waals surface area contributed by atoms with Crippen LogP contribution in [-0.4, -0.2) is 18.8 Å². The van der Waals surface area contributed by atoms with Crippen molar-refractivity contribution in [2.45, 2.75) is 32.1 Å². The van der Waals surface area contributed by atoms with Crippen LogP contribution >= 0.6 is 12.6 Å². The third kappa shape index (κ3) is 4.49. The van der Waals surface area contributed by atoms with Crippen LogP contribution in [0, 0.1) is 0 Å². The maximum absolute atomic E-state index is 11.7. The lowest BCUT2D eigenvalue weighted by Crippen LogP contribution is -2.27. The van der Waals surface area contributed by atoms with Gasteiger partial charge in [0.1, 0.15) is 11.4 Å². The maximum Gasteiger partial charge on any atom is 0.412 e. The number of hydrogen-bond acceptors (Lipinski definition) is 4. The Morgan fingerprint density at radius 3 is 2.56 bits per heavy atom. The molecular weight excluding hydrogens is 250 g/mol. The third-order valence-electron chi connectivity index (χ3n) is 2.12. The Bertz CT molecular complexity index is 427. The number of amides is 1. The fraction of sp³-hybridized carbons (Fsp3) is 0.462. The summed E-state index contributed by atoms with van der Waals surface area (Å²) in [5.41, 5.74) is 1.04. The van der Waals surface area contributed by atoms with Crippen molar-refractivity contribution in [3.05, 3.63) is 23.8 Å². The standard InChI is InChI=1S/C13H19NO3S/c1-13(2,3)17-12(15)14-11-6-5-10(16-4)7-9(11)8-18/h5-7,18H,8H2,1-4H3,(H,14,15). The number of methoxy groups -OCH3 is 1. The minimum atomic E-state index is -0.516. The molecule has 5 heteroatoms. The van der Waals surface area contributed by atoms with Crippen molar-refractivity contribution >= 4 is 24.4 Å². The lowest BCUT2D eigenvalue weighted by atomic mass is 10.2. The fourth-order valence-corrected chi connectivity index (χ4v) is 1.63. The van der Waals surface area contributed by atoms with Crippen LogP contribution < -0.4 is 10.1 Å². The Morgan fingerprint density at radius 1 is 1.39 bits per heavy atom. The quantitative estimate of drug-likeness (QED) is 0.826. The van der Waals surface area contributed by atoms with Crippen molar-refractivity contribution in [1.29, 1.82) is 0 Å². The molecule has 18 heavy (non-hydrogen) atoms. The Balaban J connectivity index is 2.81. The summed E-state index contributed by atoms with van der Waals surface area (Å²) in [5.74, 6) is 1.23. The van der Waals surface area contributed by atoms with Gasteiger partial charge in [-0.25, -0.2) is 4.79 Å². The summed E-state index contributed by atoms with van der Waals surface area (Å²) in [6.45, 7) is 5.46. The summed E-state index contributed by atoms with van der Waals surface area (Å²) >= 11 is 4.23. The lowest BCUT2D eigenvalue weighted by Gasteiger charge is -2.20. The molecule has 0 spiro atoms. The number of rotatable bonds is 3. The monoisotopic (exact) mass is 269 g/mol. The van der Waals surface area contributed by atoms with E-state index in [4.69, 9.17) is 9.47 Å². The zero-order chi connectivity index (χ0) is 13.8. The number of thiol groups is 1. The zero-order valence-electron chi connectivity index (χ0n) is 11.1. The second-order valence-electron chi connectivity index (χ2n) is 4.81. The van der Waals surface area contributed by atoms with Crippen LogP contribution in [0.2, 0.25) is 0 Å². The molecule has 0 aromatic heterocycles. The molecule has 0 aliphatic carbocycles. The van der Waals surface area contributed by atoms with Crippen LogP contribution in [0.5, 0.6) is 5.75 Å². The normalized spacial score (nSPS) is 10.9. The highest BCUT2D eigenvalue weighted by Gasteiger charge is 2.17. The number of carbonyl (C=O) groups is 1. The van der Waals surface area contributed by atoms with E-state index in [1.54, 1.807) is 19.2 Å². The minimum absolute atomic E-state index is 0.476. The van der Waals surface area contributed by atoms with Gasteiger partial charge < -0.3 is 9.47 Å². The van der Waals surface area contributed by atoms with Crippen molar-refractivity contribution < 1.29 is 14.3 Å². The number of ether oxygens (including phenoxy) is 2. The summed E-state index contributed by atoms with van der Waals surface area (Å²) in [7, 11) is 1.60. The largest absolute Gasteiger partial charge is 0.497 e. The zero-order valence-corrected chi connectivity index (χ0v) is 12.0. The molecule has 1 N–H and O–H groups in total. The van der Waals surface area contributed by atoms with E-state index in [0.29, 0.717) is 11.4 Å². The second kappa shape index (κ2) is 6.00. The Hall–Kier alpha value is -1.36. The van der Waals surface area contributed by atoms with E-state index in [9.17, 15) is 4.79 Å². The van der Waals surface area contributed by atoms with E-state index in [1.807, 2.05) is 26.8 Å². The molecule has 4 nitrogen and oxygen atoms in total. The molecule has 0 unspecified atom stereocenters. The number of hydrogen-bond donors (Lipinski definition) is 2. The van der Waals surface area contributed by atoms with E-state index in [1.165, 1.54) is 0 Å². The molecule has 0 aliphatic rings. The van der Waals surface area contributed by atoms with Crippen LogP contribution in [0.25, 0.3) is 0 Å². The molecule has 0 fully saturated rings. The van der Waals surface area contributed by atoms with Gasteiger partial charge in [0.15, 0.2) is 0 Å². The highest BCUT2D eigenvalue weighted by atomic mass is 32.1. The van der Waals surface area contributed by atoms with Crippen LogP contribution in [0.15, 0.2) is 18.2 Å². The topological polar surface area (TPSA) is 47.6 Å². The van der Waals surface area contributed by atoms with E-state index in [0.717, 1.165) is 11.3 Å². The van der Waals surface area contributed by atoms with E-state index in [-0.39, 0.29) is 0 Å². The molecule has 1 rings (SSSR count). The highest BCUT2D eigenvalue weighted by Crippen LogP contribution is 2.24. The van der Waals surface area contributed by atoms with Gasteiger partial charge in [0.2, 0.25) is 0 Å². The van der Waals surface area contributed by atoms with E-state index in [2.05, 4.69) is 17.9 Å². The molecule has 1 aromatic rings. The number of carbonyl (C=O) groups excluding carboxylic acids is 1. The van der Waals surface area contributed by atoms with Crippen LogP contribution in [0.4, 0.5) is 10.5 Å². The lowest BCUT2D eigenvalue weighted by molar-refractivity contribution is 0.0636. The minimum Gasteiger partial charge on any atom is -0.497 e. The van der Waals surface area contributed by atoms with Crippen molar-refractivity contribution in [1.82, 2.24) is 0 Å². The van der Waals surface area contributed by atoms with Gasteiger partial charge in [-0.05, 0) is 44.5 Å². The van der Waals surface area contributed by atoms with Crippen molar-refractivity contribution in [3.8, 4) is 5.75 Å². The highest BCUT2D eigenvalue weighted by molar-refractivity contribution is 7.79. The average Bonchev–Trinajstić information content (AvgIpc) is 2.27. The summed E-state index contributed by atoms with van der Waals surface area (Å²) in [5, 5.41) is 2.70. The molecule has 0 bridgehead atoms. The average molecular weight is 269 g/mol. The molecule has 0 saturated carbocycles. The number of nitrogens with one attached hydrogen (secondary N) is 1. The second-order valence-corrected chi connectivity index (χ2v) is 5.12. The van der Waals surface area contributed by atoms with Gasteiger partial charge in [0.05, 0.1) is 7.11 Å². The molecular formula is C13H19NO3S. The summed E-state index contributed by atoms with van der Waals surface area (Å²) in [6.07, 6.45) is -0.476. The van der Waals surface area contributed by atoms with Crippen molar-refractivity contribution in [2.75, 3.05) is 12.4 Å². The molecule has 0 saturated heterocycles. The first kappa shape index (κ1) is 14.7. The molecule has 100 valence electrons. The predicted molar refractivity (Wildman–Crippen MR) is 75.5 cm³/mol. The van der Waals surface area contributed by atoms with Gasteiger partial charge >= 0.3 is 6.09 Å². The predicted octanol–water partition coefficient (Wildman–Crippen LogP) is 3.47. The van der Waals surface area contributed by atoms with Gasteiger partial charge in [-0.2, -0.15) is 12.6 Å². The number of benzene rings is 1. The maximum atomic E-state index is 11.7. The Kier molecular flexibility index (Phi) is 4.90. The smallest absolute Gasteiger partial charge is 0.412 e. The summed E-state index contributed by atoms with van der Waals surface area (Å²) in [6, 6.07) is 5.38. The summed E-state index contributed by atoms with van der Waals surface area (Å²) in [4.78, 5) is 11.7. The molecule has 1 amide bonds. The Labute approximate surface area is 113 Å². The first-order valence-corrected chi connectivity index (χ1v) is 6.27. The molecule has 0 radical (unpaired) electrons. The first-order valence-electron chi connectivity index (χ1n) is 5.63. The Morgan fingerprint density at radius 2 is 2.06 bits per heavy atom. The van der Waals surface area contributed by atoms with Gasteiger partial charge in [0.25, 0.3) is 0 Å². The van der Waals surface area contributed by atoms with Gasteiger partial charge in [0, 0.05) is 11.4 Å². The molecule has 1 aromatic carbocycles. The number of anilines is 1. The molecule has 0 heterocycles.